The zero-order valence-corrected chi connectivity index (χ0v) is 11.5. The second-order valence-corrected chi connectivity index (χ2v) is 4.56. The minimum Gasteiger partial charge on any atom is -0.466 e. The van der Waals surface area contributed by atoms with E-state index >= 15 is 0 Å². The van der Waals surface area contributed by atoms with E-state index in [-0.39, 0.29) is 5.97 Å². The van der Waals surface area contributed by atoms with Crippen molar-refractivity contribution in [2.75, 3.05) is 26.8 Å². The summed E-state index contributed by atoms with van der Waals surface area (Å²) in [5.41, 5.74) is 0.735. The number of hydrogen-bond donors (Lipinski definition) is 1. The second kappa shape index (κ2) is 9.11. The van der Waals surface area contributed by atoms with Crippen LogP contribution in [0.3, 0.4) is 0 Å². The van der Waals surface area contributed by atoms with E-state index in [4.69, 9.17) is 9.47 Å². The quantitative estimate of drug-likeness (QED) is 0.430. The number of esters is 1. The van der Waals surface area contributed by atoms with E-state index in [0.29, 0.717) is 19.1 Å². The molecule has 0 aliphatic carbocycles. The van der Waals surface area contributed by atoms with Crippen LogP contribution in [0.25, 0.3) is 0 Å². The molecule has 18 heavy (non-hydrogen) atoms. The Labute approximate surface area is 110 Å². The van der Waals surface area contributed by atoms with Gasteiger partial charge in [0.25, 0.3) is 0 Å². The molecule has 1 atom stereocenters. The van der Waals surface area contributed by atoms with Gasteiger partial charge in [-0.1, -0.05) is 13.0 Å². The van der Waals surface area contributed by atoms with Gasteiger partial charge in [-0.3, -0.25) is 0 Å². The molecule has 0 radical (unpaired) electrons. The van der Waals surface area contributed by atoms with Crippen LogP contribution < -0.4 is 5.32 Å². The Bertz CT molecular complexity index is 270. The third-order valence-corrected chi connectivity index (χ3v) is 3.24. The van der Waals surface area contributed by atoms with Crippen molar-refractivity contribution in [3.63, 3.8) is 0 Å². The van der Waals surface area contributed by atoms with E-state index in [1.165, 1.54) is 26.4 Å². The zero-order chi connectivity index (χ0) is 13.2. The first-order chi connectivity index (χ1) is 8.77. The highest BCUT2D eigenvalue weighted by Gasteiger charge is 2.12. The molecule has 4 heteroatoms. The number of rotatable bonds is 7. The molecular formula is C14H25NO3. The molecule has 0 spiro atoms. The lowest BCUT2D eigenvalue weighted by molar-refractivity contribution is -0.136. The zero-order valence-electron chi connectivity index (χ0n) is 11.5. The van der Waals surface area contributed by atoms with Crippen LogP contribution in [-0.2, 0) is 14.3 Å². The number of carbonyl (C=O) groups excluding carboxylic acids is 1. The van der Waals surface area contributed by atoms with Gasteiger partial charge >= 0.3 is 5.97 Å². The molecular weight excluding hydrogens is 230 g/mol. The van der Waals surface area contributed by atoms with Crippen molar-refractivity contribution < 1.29 is 14.3 Å². The molecule has 104 valence electrons. The van der Waals surface area contributed by atoms with E-state index in [1.807, 2.05) is 13.0 Å². The fraction of sp³-hybridized carbons (Fsp3) is 0.786. The summed E-state index contributed by atoms with van der Waals surface area (Å²) in [6.07, 6.45) is 7.75. The van der Waals surface area contributed by atoms with Crippen LogP contribution >= 0.6 is 0 Å². The molecule has 1 N–H and O–H groups in total. The maximum absolute atomic E-state index is 11.3. The van der Waals surface area contributed by atoms with Gasteiger partial charge in [0.05, 0.1) is 13.2 Å². The first kappa shape index (κ1) is 15.2. The molecule has 0 aromatic rings. The Kier molecular flexibility index (Phi) is 7.69. The summed E-state index contributed by atoms with van der Waals surface area (Å²) < 4.78 is 10.4. The number of methoxy groups -OCH3 is 1. The Morgan fingerprint density at radius 3 is 2.94 bits per heavy atom. The van der Waals surface area contributed by atoms with Crippen LogP contribution in [0.1, 0.15) is 39.0 Å². The van der Waals surface area contributed by atoms with Crippen molar-refractivity contribution in [1.82, 2.24) is 5.32 Å². The molecule has 0 saturated carbocycles. The fourth-order valence-corrected chi connectivity index (χ4v) is 2.10. The Balaban J connectivity index is 2.12. The number of carbonyl (C=O) groups is 1. The van der Waals surface area contributed by atoms with Crippen LogP contribution in [0.5, 0.6) is 0 Å². The number of hydrogen-bond acceptors (Lipinski definition) is 4. The summed E-state index contributed by atoms with van der Waals surface area (Å²) >= 11 is 0. The predicted octanol–water partition coefficient (Wildman–Crippen LogP) is 2.04. The third-order valence-electron chi connectivity index (χ3n) is 3.24. The molecule has 1 fully saturated rings. The molecule has 1 aliphatic heterocycles. The first-order valence-electron chi connectivity index (χ1n) is 6.87. The van der Waals surface area contributed by atoms with Crippen LogP contribution in [0, 0.1) is 0 Å². The number of nitrogens with one attached hydrogen (secondary N) is 1. The van der Waals surface area contributed by atoms with Gasteiger partial charge in [0.1, 0.15) is 0 Å². The van der Waals surface area contributed by atoms with Crippen molar-refractivity contribution in [3.8, 4) is 0 Å². The van der Waals surface area contributed by atoms with E-state index < -0.39 is 0 Å². The predicted molar refractivity (Wildman–Crippen MR) is 71.5 cm³/mol. The van der Waals surface area contributed by atoms with Crippen molar-refractivity contribution >= 4 is 5.97 Å². The minimum atomic E-state index is -0.227. The third kappa shape index (κ3) is 5.65. The SMILES string of the molecule is CCC(=CCNCCC1CCCCO1)C(=O)OC. The summed E-state index contributed by atoms with van der Waals surface area (Å²) in [7, 11) is 1.42. The summed E-state index contributed by atoms with van der Waals surface area (Å²) in [6.45, 7) is 4.51. The van der Waals surface area contributed by atoms with Crippen LogP contribution in [0.2, 0.25) is 0 Å². The molecule has 0 aromatic heterocycles. The maximum atomic E-state index is 11.3. The fourth-order valence-electron chi connectivity index (χ4n) is 2.10. The summed E-state index contributed by atoms with van der Waals surface area (Å²) in [5, 5.41) is 3.31. The van der Waals surface area contributed by atoms with Crippen LogP contribution in [-0.4, -0.2) is 38.9 Å². The van der Waals surface area contributed by atoms with E-state index in [0.717, 1.165) is 25.1 Å². The first-order valence-corrected chi connectivity index (χ1v) is 6.87. The van der Waals surface area contributed by atoms with Crippen molar-refractivity contribution in [2.24, 2.45) is 0 Å². The smallest absolute Gasteiger partial charge is 0.333 e. The van der Waals surface area contributed by atoms with Gasteiger partial charge in [0.15, 0.2) is 0 Å². The molecule has 1 rings (SSSR count). The molecule has 0 amide bonds. The van der Waals surface area contributed by atoms with E-state index in [1.54, 1.807) is 0 Å². The molecule has 4 nitrogen and oxygen atoms in total. The largest absolute Gasteiger partial charge is 0.466 e. The average Bonchev–Trinajstić information content (AvgIpc) is 2.43. The van der Waals surface area contributed by atoms with E-state index in [2.05, 4.69) is 5.32 Å². The van der Waals surface area contributed by atoms with E-state index in [9.17, 15) is 4.79 Å². The van der Waals surface area contributed by atoms with Crippen molar-refractivity contribution in [3.05, 3.63) is 11.6 Å². The van der Waals surface area contributed by atoms with Gasteiger partial charge < -0.3 is 14.8 Å². The lowest BCUT2D eigenvalue weighted by atomic mass is 10.1. The van der Waals surface area contributed by atoms with Gasteiger partial charge in [0, 0.05) is 18.7 Å². The highest BCUT2D eigenvalue weighted by Crippen LogP contribution is 2.14. The Hall–Kier alpha value is -0.870. The van der Waals surface area contributed by atoms with Gasteiger partial charge in [-0.05, 0) is 38.6 Å². The molecule has 1 aliphatic rings. The Morgan fingerprint density at radius 1 is 1.50 bits per heavy atom. The second-order valence-electron chi connectivity index (χ2n) is 4.56. The molecule has 1 heterocycles. The van der Waals surface area contributed by atoms with Crippen molar-refractivity contribution in [1.29, 1.82) is 0 Å². The molecule has 0 aromatic carbocycles. The highest BCUT2D eigenvalue weighted by atomic mass is 16.5. The molecule has 1 saturated heterocycles. The van der Waals surface area contributed by atoms with Gasteiger partial charge in [-0.2, -0.15) is 0 Å². The van der Waals surface area contributed by atoms with Gasteiger partial charge in [0.2, 0.25) is 0 Å². The number of ether oxygens (including phenoxy) is 2. The van der Waals surface area contributed by atoms with Crippen LogP contribution in [0.4, 0.5) is 0 Å². The summed E-state index contributed by atoms with van der Waals surface area (Å²) in [4.78, 5) is 11.3. The highest BCUT2D eigenvalue weighted by molar-refractivity contribution is 5.88. The monoisotopic (exact) mass is 255 g/mol. The lowest BCUT2D eigenvalue weighted by Gasteiger charge is -2.22. The van der Waals surface area contributed by atoms with Gasteiger partial charge in [-0.15, -0.1) is 0 Å². The summed E-state index contributed by atoms with van der Waals surface area (Å²) in [6, 6.07) is 0. The lowest BCUT2D eigenvalue weighted by Crippen LogP contribution is -2.25. The summed E-state index contributed by atoms with van der Waals surface area (Å²) in [5.74, 6) is -0.227. The maximum Gasteiger partial charge on any atom is 0.333 e. The van der Waals surface area contributed by atoms with Crippen molar-refractivity contribution in [2.45, 2.75) is 45.1 Å². The molecule has 1 unspecified atom stereocenters. The molecule has 0 bridgehead atoms. The standard InChI is InChI=1S/C14H25NO3/c1-3-12(14(16)17-2)7-9-15-10-8-13-6-4-5-11-18-13/h7,13,15H,3-6,8-11H2,1-2H3. The topological polar surface area (TPSA) is 47.6 Å². The Morgan fingerprint density at radius 2 is 2.33 bits per heavy atom. The average molecular weight is 255 g/mol. The minimum absolute atomic E-state index is 0.227. The normalized spacial score (nSPS) is 20.8. The van der Waals surface area contributed by atoms with Crippen LogP contribution in [0.15, 0.2) is 11.6 Å². The van der Waals surface area contributed by atoms with Gasteiger partial charge in [-0.25, -0.2) is 4.79 Å².